The van der Waals surface area contributed by atoms with Gasteiger partial charge in [0, 0.05) is 55.6 Å². The van der Waals surface area contributed by atoms with Gasteiger partial charge in [-0.3, -0.25) is 10.00 Å². The predicted octanol–water partition coefficient (Wildman–Crippen LogP) is 4.35. The van der Waals surface area contributed by atoms with Crippen LogP contribution in [0, 0.1) is 0 Å². The Hall–Kier alpha value is -3.81. The van der Waals surface area contributed by atoms with Crippen molar-refractivity contribution in [3.8, 4) is 17.0 Å². The van der Waals surface area contributed by atoms with Crippen LogP contribution < -0.4 is 15.0 Å². The Bertz CT molecular complexity index is 1290. The van der Waals surface area contributed by atoms with Crippen LogP contribution in [0.15, 0.2) is 42.7 Å². The molecule has 8 nitrogen and oxygen atoms in total. The summed E-state index contributed by atoms with van der Waals surface area (Å²) in [5, 5.41) is 9.41. The van der Waals surface area contributed by atoms with Gasteiger partial charge in [-0.25, -0.2) is 9.78 Å². The molecule has 37 heavy (non-hydrogen) atoms. The van der Waals surface area contributed by atoms with Gasteiger partial charge >= 0.3 is 18.4 Å². The Morgan fingerprint density at radius 3 is 2.57 bits per heavy atom. The highest BCUT2D eigenvalue weighted by Crippen LogP contribution is 2.34. The van der Waals surface area contributed by atoms with Gasteiger partial charge in [-0.15, -0.1) is 0 Å². The second kappa shape index (κ2) is 9.25. The minimum Gasteiger partial charge on any atom is -0.410 e. The van der Waals surface area contributed by atoms with Gasteiger partial charge in [0.2, 0.25) is 0 Å². The summed E-state index contributed by atoms with van der Waals surface area (Å²) in [6.07, 6.45) is -7.65. The molecular formula is C23H20F6N6O2. The van der Waals surface area contributed by atoms with Crippen LogP contribution in [0.2, 0.25) is 0 Å². The molecule has 196 valence electrons. The third-order valence-corrected chi connectivity index (χ3v) is 6.33. The Labute approximate surface area is 206 Å². The van der Waals surface area contributed by atoms with Crippen molar-refractivity contribution in [1.29, 1.82) is 0 Å². The van der Waals surface area contributed by atoms with E-state index in [9.17, 15) is 31.1 Å². The average Bonchev–Trinajstić information content (AvgIpc) is 3.31. The van der Waals surface area contributed by atoms with E-state index in [0.29, 0.717) is 34.3 Å². The number of pyridine rings is 1. The Morgan fingerprint density at radius 2 is 1.86 bits per heavy atom. The maximum absolute atomic E-state index is 14.1. The van der Waals surface area contributed by atoms with Gasteiger partial charge in [0.15, 0.2) is 0 Å². The van der Waals surface area contributed by atoms with Gasteiger partial charge in [0.1, 0.15) is 17.6 Å². The molecule has 2 N–H and O–H groups in total. The Morgan fingerprint density at radius 1 is 1.05 bits per heavy atom. The number of amides is 1. The molecule has 1 atom stereocenters. The van der Waals surface area contributed by atoms with Crippen molar-refractivity contribution in [1.82, 2.24) is 25.4 Å². The molecule has 1 unspecified atom stereocenters. The van der Waals surface area contributed by atoms with Crippen molar-refractivity contribution >= 4 is 11.9 Å². The molecule has 0 aliphatic carbocycles. The third-order valence-electron chi connectivity index (χ3n) is 6.33. The number of rotatable bonds is 4. The summed E-state index contributed by atoms with van der Waals surface area (Å²) in [6, 6.07) is 5.08. The van der Waals surface area contributed by atoms with Gasteiger partial charge in [0.05, 0.1) is 17.5 Å². The molecule has 5 rings (SSSR count). The monoisotopic (exact) mass is 526 g/mol. The van der Waals surface area contributed by atoms with Gasteiger partial charge in [0.25, 0.3) is 0 Å². The van der Waals surface area contributed by atoms with E-state index >= 15 is 0 Å². The number of halogens is 6. The van der Waals surface area contributed by atoms with Crippen LogP contribution in [0.5, 0.6) is 5.75 Å². The van der Waals surface area contributed by atoms with Crippen LogP contribution in [0.3, 0.4) is 0 Å². The molecule has 0 radical (unpaired) electrons. The number of carbonyl (C=O) groups excluding carboxylic acids is 1. The number of nitrogens with zero attached hydrogens (tertiary/aromatic N) is 4. The van der Waals surface area contributed by atoms with Crippen LogP contribution in [0.4, 0.5) is 37.0 Å². The van der Waals surface area contributed by atoms with Crippen molar-refractivity contribution in [2.45, 2.75) is 31.5 Å². The van der Waals surface area contributed by atoms with Crippen LogP contribution in [0.25, 0.3) is 11.3 Å². The lowest BCUT2D eigenvalue weighted by Crippen LogP contribution is -2.58. The first-order valence-electron chi connectivity index (χ1n) is 11.2. The van der Waals surface area contributed by atoms with Crippen LogP contribution in [-0.4, -0.2) is 58.0 Å². The molecule has 2 aliphatic heterocycles. The van der Waals surface area contributed by atoms with E-state index in [1.165, 1.54) is 16.0 Å². The van der Waals surface area contributed by atoms with E-state index in [0.717, 1.165) is 12.1 Å². The summed E-state index contributed by atoms with van der Waals surface area (Å²) in [5.41, 5.74) is 1.49. The van der Waals surface area contributed by atoms with E-state index < -0.39 is 36.6 Å². The lowest BCUT2D eigenvalue weighted by molar-refractivity contribution is -0.186. The molecule has 1 saturated heterocycles. The SMILES string of the molecule is O=C1NCc2cc(-c3[nH]ncc3CN3CCN(c4ccc(C(F)(F)F)cn4)CC3C(F)(F)F)ccc2O1. The van der Waals surface area contributed by atoms with Crippen molar-refractivity contribution in [3.63, 3.8) is 0 Å². The summed E-state index contributed by atoms with van der Waals surface area (Å²) < 4.78 is 85.8. The zero-order valence-electron chi connectivity index (χ0n) is 19.0. The van der Waals surface area contributed by atoms with Crippen molar-refractivity contribution < 1.29 is 35.9 Å². The summed E-state index contributed by atoms with van der Waals surface area (Å²) in [7, 11) is 0. The summed E-state index contributed by atoms with van der Waals surface area (Å²) >= 11 is 0. The number of aromatic amines is 1. The van der Waals surface area contributed by atoms with E-state index in [-0.39, 0.29) is 32.0 Å². The second-order valence-electron chi connectivity index (χ2n) is 8.71. The molecule has 0 spiro atoms. The Balaban J connectivity index is 1.35. The average molecular weight is 526 g/mol. The Kier molecular flexibility index (Phi) is 6.22. The molecule has 3 aromatic rings. The van der Waals surface area contributed by atoms with E-state index in [1.807, 2.05) is 0 Å². The molecular weight excluding hydrogens is 506 g/mol. The third kappa shape index (κ3) is 5.19. The van der Waals surface area contributed by atoms with Crippen molar-refractivity contribution in [2.24, 2.45) is 0 Å². The van der Waals surface area contributed by atoms with E-state index in [2.05, 4.69) is 20.5 Å². The zero-order chi connectivity index (χ0) is 26.4. The number of hydrogen-bond donors (Lipinski definition) is 2. The molecule has 0 bridgehead atoms. The highest BCUT2D eigenvalue weighted by atomic mass is 19.4. The van der Waals surface area contributed by atoms with Gasteiger partial charge in [-0.1, -0.05) is 0 Å². The molecule has 1 aromatic carbocycles. The fraction of sp³-hybridized carbons (Fsp3) is 0.348. The number of H-pyrrole nitrogens is 1. The smallest absolute Gasteiger partial charge is 0.410 e. The zero-order valence-corrected chi connectivity index (χ0v) is 19.0. The van der Waals surface area contributed by atoms with Crippen molar-refractivity contribution in [3.05, 3.63) is 59.4 Å². The maximum atomic E-state index is 14.1. The van der Waals surface area contributed by atoms with Gasteiger partial charge < -0.3 is 15.0 Å². The van der Waals surface area contributed by atoms with Crippen LogP contribution in [-0.2, 0) is 19.3 Å². The minimum absolute atomic E-state index is 0.00155. The summed E-state index contributed by atoms with van der Waals surface area (Å²) in [6.45, 7) is -0.142. The first kappa shape index (κ1) is 24.9. The molecule has 2 aromatic heterocycles. The number of ether oxygens (including phenoxy) is 1. The predicted molar refractivity (Wildman–Crippen MR) is 119 cm³/mol. The van der Waals surface area contributed by atoms with Gasteiger partial charge in [-0.2, -0.15) is 31.4 Å². The number of hydrogen-bond acceptors (Lipinski definition) is 6. The molecule has 1 fully saturated rings. The lowest BCUT2D eigenvalue weighted by atomic mass is 10.0. The number of anilines is 1. The van der Waals surface area contributed by atoms with Gasteiger partial charge in [-0.05, 0) is 30.3 Å². The molecule has 2 aliphatic rings. The topological polar surface area (TPSA) is 86.4 Å². The fourth-order valence-electron chi connectivity index (χ4n) is 4.44. The number of alkyl halides is 6. The maximum Gasteiger partial charge on any atom is 0.417 e. The summed E-state index contributed by atoms with van der Waals surface area (Å²) in [5.74, 6) is 0.452. The first-order valence-corrected chi connectivity index (χ1v) is 11.2. The van der Waals surface area contributed by atoms with E-state index in [1.54, 1.807) is 18.2 Å². The largest absolute Gasteiger partial charge is 0.417 e. The highest BCUT2D eigenvalue weighted by Gasteiger charge is 2.47. The number of nitrogens with one attached hydrogen (secondary N) is 2. The minimum atomic E-state index is -4.59. The standard InChI is InChI=1S/C23H20F6N6O2/c24-22(25,26)16-2-4-19(30-10-16)35-6-5-34(18(12-35)23(27,28)29)11-15-9-32-33-20(15)13-1-3-17-14(7-13)8-31-21(36)37-17/h1-4,7,9-10,18H,5-6,8,11-12H2,(H,31,36)(H,32,33). The van der Waals surface area contributed by atoms with Crippen molar-refractivity contribution in [2.75, 3.05) is 24.5 Å². The molecule has 0 saturated carbocycles. The quantitative estimate of drug-likeness (QED) is 0.492. The number of piperazine rings is 1. The van der Waals surface area contributed by atoms with Crippen LogP contribution >= 0.6 is 0 Å². The number of aromatic nitrogens is 3. The normalized spacial score (nSPS) is 18.8. The number of carbonyl (C=O) groups is 1. The molecule has 4 heterocycles. The summed E-state index contributed by atoms with van der Waals surface area (Å²) in [4.78, 5) is 17.8. The second-order valence-corrected chi connectivity index (χ2v) is 8.71. The molecule has 1 amide bonds. The van der Waals surface area contributed by atoms with E-state index in [4.69, 9.17) is 4.74 Å². The number of fused-ring (bicyclic) bond motifs is 1. The fourth-order valence-corrected chi connectivity index (χ4v) is 4.44. The highest BCUT2D eigenvalue weighted by molar-refractivity contribution is 5.74. The first-order chi connectivity index (χ1) is 17.5. The molecule has 14 heteroatoms. The number of benzene rings is 1. The van der Waals surface area contributed by atoms with Crippen LogP contribution in [0.1, 0.15) is 16.7 Å². The lowest BCUT2D eigenvalue weighted by Gasteiger charge is -2.42.